The molecule has 0 fully saturated rings. The number of Topliss-reactive ketones (excluding diaryl/α,β-unsaturated/α-hetero) is 1. The molecule has 3 aromatic rings. The molecule has 0 aliphatic heterocycles. The Hall–Kier alpha value is -2.22. The molecule has 0 unspecified atom stereocenters. The lowest BCUT2D eigenvalue weighted by molar-refractivity contribution is -0.856. The Labute approximate surface area is 173 Å². The van der Waals surface area contributed by atoms with Gasteiger partial charge < -0.3 is 4.90 Å². The van der Waals surface area contributed by atoms with Crippen molar-refractivity contribution in [1.82, 2.24) is 4.98 Å². The standard InChI is InChI=1S/C21H23N3O2S2/c1-14(25)15-8-10-16(11-9-15)20(26)24(13-12-23(2)3)21-22-19-17(27-4)6-5-7-18(19)28-21/h5-11H,12-13H2,1-4H3/p+1. The Bertz CT molecular complexity index is 997. The van der Waals surface area contributed by atoms with E-state index in [1.807, 2.05) is 24.5 Å². The minimum Gasteiger partial charge on any atom is -0.338 e. The minimum absolute atomic E-state index is 0.0113. The van der Waals surface area contributed by atoms with Crippen molar-refractivity contribution >= 4 is 50.1 Å². The van der Waals surface area contributed by atoms with Gasteiger partial charge in [0.15, 0.2) is 10.9 Å². The average Bonchev–Trinajstić information content (AvgIpc) is 3.11. The molecule has 0 spiro atoms. The summed E-state index contributed by atoms with van der Waals surface area (Å²) in [5.74, 6) is -0.107. The number of fused-ring (bicyclic) bond motifs is 1. The smallest absolute Gasteiger partial charge is 0.260 e. The maximum Gasteiger partial charge on any atom is 0.260 e. The highest BCUT2D eigenvalue weighted by atomic mass is 32.2. The van der Waals surface area contributed by atoms with Crippen LogP contribution in [0.4, 0.5) is 5.13 Å². The highest BCUT2D eigenvalue weighted by Crippen LogP contribution is 2.34. The molecule has 0 saturated heterocycles. The fourth-order valence-corrected chi connectivity index (χ4v) is 4.46. The van der Waals surface area contributed by atoms with Crippen molar-refractivity contribution in [3.05, 3.63) is 53.6 Å². The van der Waals surface area contributed by atoms with E-state index in [-0.39, 0.29) is 11.7 Å². The van der Waals surface area contributed by atoms with E-state index in [9.17, 15) is 9.59 Å². The molecular weight excluding hydrogens is 390 g/mol. The lowest BCUT2D eigenvalue weighted by Gasteiger charge is -2.20. The molecule has 0 bridgehead atoms. The number of para-hydroxylation sites is 1. The highest BCUT2D eigenvalue weighted by Gasteiger charge is 2.23. The molecule has 1 amide bonds. The third-order valence-corrected chi connectivity index (χ3v) is 6.25. The zero-order chi connectivity index (χ0) is 20.3. The van der Waals surface area contributed by atoms with Crippen LogP contribution in [0, 0.1) is 0 Å². The summed E-state index contributed by atoms with van der Waals surface area (Å²) in [5, 5.41) is 0.707. The number of hydrogen-bond acceptors (Lipinski definition) is 5. The minimum atomic E-state index is -0.0962. The number of nitrogens with zero attached hydrogens (tertiary/aromatic N) is 2. The molecule has 0 radical (unpaired) electrons. The molecule has 0 atom stereocenters. The summed E-state index contributed by atoms with van der Waals surface area (Å²) in [7, 11) is 4.13. The third kappa shape index (κ3) is 4.43. The Kier molecular flexibility index (Phi) is 6.49. The van der Waals surface area contributed by atoms with Crippen LogP contribution in [0.25, 0.3) is 10.2 Å². The number of thioether (sulfide) groups is 1. The Morgan fingerprint density at radius 2 is 1.79 bits per heavy atom. The van der Waals surface area contributed by atoms with Crippen molar-refractivity contribution in [3.63, 3.8) is 0 Å². The van der Waals surface area contributed by atoms with Gasteiger partial charge in [-0.05, 0) is 37.4 Å². The molecule has 2 aromatic carbocycles. The van der Waals surface area contributed by atoms with Gasteiger partial charge in [-0.3, -0.25) is 14.5 Å². The first-order chi connectivity index (χ1) is 13.4. The molecule has 0 saturated carbocycles. The van der Waals surface area contributed by atoms with Gasteiger partial charge in [0.1, 0.15) is 0 Å². The number of hydrogen-bond donors (Lipinski definition) is 1. The van der Waals surface area contributed by atoms with Crippen LogP contribution in [0.15, 0.2) is 47.4 Å². The van der Waals surface area contributed by atoms with E-state index in [1.165, 1.54) is 23.2 Å². The number of thiazole rings is 1. The van der Waals surface area contributed by atoms with Gasteiger partial charge in [0.05, 0.1) is 37.4 Å². The second-order valence-corrected chi connectivity index (χ2v) is 8.71. The molecule has 146 valence electrons. The van der Waals surface area contributed by atoms with E-state index in [4.69, 9.17) is 4.98 Å². The van der Waals surface area contributed by atoms with Gasteiger partial charge >= 0.3 is 0 Å². The predicted molar refractivity (Wildman–Crippen MR) is 117 cm³/mol. The second kappa shape index (κ2) is 8.86. The number of rotatable bonds is 7. The monoisotopic (exact) mass is 414 g/mol. The number of benzene rings is 2. The predicted octanol–water partition coefficient (Wildman–Crippen LogP) is 3.01. The Morgan fingerprint density at radius 3 is 2.39 bits per heavy atom. The number of carbonyl (C=O) groups is 2. The summed E-state index contributed by atoms with van der Waals surface area (Å²) in [6.07, 6.45) is 2.03. The number of aromatic nitrogens is 1. The Morgan fingerprint density at radius 1 is 1.11 bits per heavy atom. The van der Waals surface area contributed by atoms with E-state index >= 15 is 0 Å². The maximum absolute atomic E-state index is 13.3. The van der Waals surface area contributed by atoms with Crippen molar-refractivity contribution in [2.45, 2.75) is 11.8 Å². The first-order valence-electron chi connectivity index (χ1n) is 9.06. The van der Waals surface area contributed by atoms with Gasteiger partial charge in [0.2, 0.25) is 0 Å². The first-order valence-corrected chi connectivity index (χ1v) is 11.1. The second-order valence-electron chi connectivity index (χ2n) is 6.85. The van der Waals surface area contributed by atoms with E-state index in [1.54, 1.807) is 40.9 Å². The van der Waals surface area contributed by atoms with E-state index in [0.717, 1.165) is 21.7 Å². The topological polar surface area (TPSA) is 54.7 Å². The molecule has 28 heavy (non-hydrogen) atoms. The van der Waals surface area contributed by atoms with Crippen molar-refractivity contribution < 1.29 is 14.5 Å². The zero-order valence-electron chi connectivity index (χ0n) is 16.5. The summed E-state index contributed by atoms with van der Waals surface area (Å²) in [6.45, 7) is 2.90. The largest absolute Gasteiger partial charge is 0.338 e. The first kappa shape index (κ1) is 20.5. The highest BCUT2D eigenvalue weighted by molar-refractivity contribution is 7.98. The molecule has 0 aliphatic carbocycles. The summed E-state index contributed by atoms with van der Waals surface area (Å²) >= 11 is 3.19. The van der Waals surface area contributed by atoms with Gasteiger partial charge in [-0.25, -0.2) is 4.98 Å². The molecule has 5 nitrogen and oxygen atoms in total. The van der Waals surface area contributed by atoms with Crippen LogP contribution in [0.2, 0.25) is 0 Å². The lowest BCUT2D eigenvalue weighted by atomic mass is 10.1. The van der Waals surface area contributed by atoms with Crippen molar-refractivity contribution in [3.8, 4) is 0 Å². The number of nitrogens with one attached hydrogen (secondary N) is 1. The molecule has 1 aromatic heterocycles. The summed E-state index contributed by atoms with van der Waals surface area (Å²) in [5.41, 5.74) is 2.10. The Balaban J connectivity index is 1.98. The molecule has 7 heteroatoms. The van der Waals surface area contributed by atoms with E-state index < -0.39 is 0 Å². The van der Waals surface area contributed by atoms with Gasteiger partial charge in [-0.15, -0.1) is 11.8 Å². The van der Waals surface area contributed by atoms with Crippen LogP contribution < -0.4 is 9.80 Å². The molecule has 3 rings (SSSR count). The van der Waals surface area contributed by atoms with Crippen LogP contribution >= 0.6 is 23.1 Å². The van der Waals surface area contributed by atoms with Crippen molar-refractivity contribution in [2.24, 2.45) is 0 Å². The average molecular weight is 415 g/mol. The zero-order valence-corrected chi connectivity index (χ0v) is 18.1. The van der Waals surface area contributed by atoms with Gasteiger partial charge in [-0.1, -0.05) is 29.5 Å². The van der Waals surface area contributed by atoms with Gasteiger partial charge in [-0.2, -0.15) is 0 Å². The van der Waals surface area contributed by atoms with Crippen LogP contribution in [0.3, 0.4) is 0 Å². The summed E-state index contributed by atoms with van der Waals surface area (Å²) in [4.78, 5) is 33.7. The fraction of sp³-hybridized carbons (Fsp3) is 0.286. The summed E-state index contributed by atoms with van der Waals surface area (Å²) < 4.78 is 1.07. The van der Waals surface area contributed by atoms with Crippen molar-refractivity contribution in [2.75, 3.05) is 38.3 Å². The number of ketones is 1. The van der Waals surface area contributed by atoms with E-state index in [0.29, 0.717) is 22.8 Å². The van der Waals surface area contributed by atoms with Crippen LogP contribution in [-0.4, -0.2) is 50.1 Å². The molecule has 0 aliphatic rings. The molecular formula is C21H24N3O2S2+. The van der Waals surface area contributed by atoms with Gasteiger partial charge in [0, 0.05) is 16.0 Å². The third-order valence-electron chi connectivity index (χ3n) is 4.44. The normalized spacial score (nSPS) is 11.2. The number of quaternary nitrogens is 1. The number of amides is 1. The molecule has 1 N–H and O–H groups in total. The summed E-state index contributed by atoms with van der Waals surface area (Å²) in [6, 6.07) is 13.0. The van der Waals surface area contributed by atoms with E-state index in [2.05, 4.69) is 14.1 Å². The number of anilines is 1. The van der Waals surface area contributed by atoms with Gasteiger partial charge in [0.25, 0.3) is 5.91 Å². The number of likely N-dealkylation sites (N-methyl/N-ethyl adjacent to an activating group) is 1. The quantitative estimate of drug-likeness (QED) is 0.477. The lowest BCUT2D eigenvalue weighted by Crippen LogP contribution is -3.06. The fourth-order valence-electron chi connectivity index (χ4n) is 2.81. The van der Waals surface area contributed by atoms with Crippen LogP contribution in [0.1, 0.15) is 27.6 Å². The molecule has 1 heterocycles. The maximum atomic E-state index is 13.3. The van der Waals surface area contributed by atoms with Crippen LogP contribution in [-0.2, 0) is 0 Å². The van der Waals surface area contributed by atoms with Crippen molar-refractivity contribution in [1.29, 1.82) is 0 Å². The number of carbonyl (C=O) groups excluding carboxylic acids is 2. The van der Waals surface area contributed by atoms with Crippen LogP contribution in [0.5, 0.6) is 0 Å². The SMILES string of the molecule is CSc1cccc2sc(N(CC[NH+](C)C)C(=O)c3ccc(C(C)=O)cc3)nc12.